The van der Waals surface area contributed by atoms with Crippen molar-refractivity contribution in [3.8, 4) is 11.5 Å². The van der Waals surface area contributed by atoms with Gasteiger partial charge in [0.1, 0.15) is 0 Å². The number of methoxy groups -OCH3 is 1. The van der Waals surface area contributed by atoms with Crippen molar-refractivity contribution in [2.75, 3.05) is 50.1 Å². The molecule has 0 saturated carbocycles. The van der Waals surface area contributed by atoms with E-state index in [-0.39, 0.29) is 18.9 Å². The largest absolute Gasteiger partial charge is 0.493 e. The summed E-state index contributed by atoms with van der Waals surface area (Å²) in [6, 6.07) is 26.1. The van der Waals surface area contributed by atoms with Gasteiger partial charge in [-0.05, 0) is 42.0 Å². The molecule has 0 unspecified atom stereocenters. The molecule has 6 nitrogen and oxygen atoms in total. The van der Waals surface area contributed by atoms with Crippen molar-refractivity contribution in [1.29, 1.82) is 0 Å². The number of hydrogen-bond donors (Lipinski definition) is 1. The maximum absolute atomic E-state index is 12.3. The molecule has 33 heavy (non-hydrogen) atoms. The zero-order chi connectivity index (χ0) is 22.9. The topological polar surface area (TPSA) is 54.0 Å². The van der Waals surface area contributed by atoms with Gasteiger partial charge < -0.3 is 19.7 Å². The molecule has 1 aliphatic rings. The molecule has 1 saturated heterocycles. The molecular weight excluding hydrogens is 414 g/mol. The Morgan fingerprint density at radius 1 is 0.848 bits per heavy atom. The average Bonchev–Trinajstić information content (AvgIpc) is 2.86. The third kappa shape index (κ3) is 6.49. The summed E-state index contributed by atoms with van der Waals surface area (Å²) in [5.74, 6) is 1.22. The first-order valence-electron chi connectivity index (χ1n) is 11.4. The second-order valence-corrected chi connectivity index (χ2v) is 8.09. The Morgan fingerprint density at radius 3 is 2.21 bits per heavy atom. The number of anilines is 2. The molecule has 4 rings (SSSR count). The molecule has 0 aromatic heterocycles. The normalized spacial score (nSPS) is 14.0. The highest BCUT2D eigenvalue weighted by atomic mass is 16.5. The number of amides is 1. The lowest BCUT2D eigenvalue weighted by atomic mass is 10.2. The van der Waals surface area contributed by atoms with E-state index >= 15 is 0 Å². The van der Waals surface area contributed by atoms with Gasteiger partial charge in [-0.3, -0.25) is 9.69 Å². The van der Waals surface area contributed by atoms with E-state index in [0.29, 0.717) is 11.5 Å². The quantitative estimate of drug-likeness (QED) is 0.528. The third-order valence-electron chi connectivity index (χ3n) is 5.79. The number of benzene rings is 3. The summed E-state index contributed by atoms with van der Waals surface area (Å²) >= 11 is 0. The molecule has 0 atom stereocenters. The zero-order valence-corrected chi connectivity index (χ0v) is 19.1. The van der Waals surface area contributed by atoms with Crippen LogP contribution in [0.5, 0.6) is 11.5 Å². The smallest absolute Gasteiger partial charge is 0.227 e. The molecule has 6 heteroatoms. The van der Waals surface area contributed by atoms with Gasteiger partial charge in [-0.15, -0.1) is 0 Å². The number of ether oxygens (including phenoxy) is 2. The summed E-state index contributed by atoms with van der Waals surface area (Å²) in [5, 5.41) is 2.94. The van der Waals surface area contributed by atoms with Crippen molar-refractivity contribution >= 4 is 17.3 Å². The number of nitrogens with one attached hydrogen (secondary N) is 1. The monoisotopic (exact) mass is 445 g/mol. The SMILES string of the molecule is COc1ccccc1OCCC(=O)Nc1ccc(N2CCN(Cc3ccccc3)CC2)cc1. The van der Waals surface area contributed by atoms with Crippen LogP contribution in [-0.4, -0.2) is 50.7 Å². The molecule has 1 amide bonds. The van der Waals surface area contributed by atoms with Crippen molar-refractivity contribution in [2.45, 2.75) is 13.0 Å². The van der Waals surface area contributed by atoms with Crippen LogP contribution in [0.1, 0.15) is 12.0 Å². The Balaban J connectivity index is 1.20. The van der Waals surface area contributed by atoms with Crippen molar-refractivity contribution in [3.63, 3.8) is 0 Å². The fourth-order valence-corrected chi connectivity index (χ4v) is 3.98. The molecule has 1 fully saturated rings. The number of nitrogens with zero attached hydrogens (tertiary/aromatic N) is 2. The minimum Gasteiger partial charge on any atom is -0.493 e. The summed E-state index contributed by atoms with van der Waals surface area (Å²) in [7, 11) is 1.60. The van der Waals surface area contributed by atoms with Gasteiger partial charge in [0.2, 0.25) is 5.91 Å². The number of para-hydroxylation sites is 2. The lowest BCUT2D eigenvalue weighted by molar-refractivity contribution is -0.116. The maximum atomic E-state index is 12.3. The average molecular weight is 446 g/mol. The molecule has 0 aliphatic carbocycles. The van der Waals surface area contributed by atoms with Crippen LogP contribution in [-0.2, 0) is 11.3 Å². The van der Waals surface area contributed by atoms with Gasteiger partial charge in [-0.1, -0.05) is 42.5 Å². The van der Waals surface area contributed by atoms with Gasteiger partial charge >= 0.3 is 0 Å². The number of rotatable bonds is 9. The summed E-state index contributed by atoms with van der Waals surface area (Å²) < 4.78 is 10.9. The number of carbonyl (C=O) groups excluding carboxylic acids is 1. The summed E-state index contributed by atoms with van der Waals surface area (Å²) in [4.78, 5) is 17.2. The van der Waals surface area contributed by atoms with E-state index in [0.717, 1.165) is 38.4 Å². The van der Waals surface area contributed by atoms with E-state index in [1.807, 2.05) is 36.4 Å². The predicted octanol–water partition coefficient (Wildman–Crippen LogP) is 4.43. The Bertz CT molecular complexity index is 1020. The van der Waals surface area contributed by atoms with Crippen LogP contribution in [0.25, 0.3) is 0 Å². The number of piperazine rings is 1. The van der Waals surface area contributed by atoms with E-state index in [1.54, 1.807) is 7.11 Å². The van der Waals surface area contributed by atoms with Gasteiger partial charge in [0.15, 0.2) is 11.5 Å². The van der Waals surface area contributed by atoms with Crippen LogP contribution in [0, 0.1) is 0 Å². The van der Waals surface area contributed by atoms with Crippen LogP contribution < -0.4 is 19.7 Å². The first kappa shape index (κ1) is 22.7. The fourth-order valence-electron chi connectivity index (χ4n) is 3.98. The Hall–Kier alpha value is -3.51. The molecule has 0 bridgehead atoms. The highest BCUT2D eigenvalue weighted by molar-refractivity contribution is 5.91. The van der Waals surface area contributed by atoms with Crippen LogP contribution in [0.3, 0.4) is 0 Å². The molecule has 1 aliphatic heterocycles. The molecule has 0 spiro atoms. The number of carbonyl (C=O) groups is 1. The van der Waals surface area contributed by atoms with Crippen molar-refractivity contribution in [2.24, 2.45) is 0 Å². The van der Waals surface area contributed by atoms with E-state index < -0.39 is 0 Å². The predicted molar refractivity (Wildman–Crippen MR) is 132 cm³/mol. The second kappa shape index (κ2) is 11.4. The van der Waals surface area contributed by atoms with E-state index in [4.69, 9.17) is 9.47 Å². The molecular formula is C27H31N3O3. The zero-order valence-electron chi connectivity index (χ0n) is 19.1. The maximum Gasteiger partial charge on any atom is 0.227 e. The van der Waals surface area contributed by atoms with E-state index in [1.165, 1.54) is 11.3 Å². The summed E-state index contributed by atoms with van der Waals surface area (Å²) in [6.45, 7) is 5.37. The number of hydrogen-bond acceptors (Lipinski definition) is 5. The highest BCUT2D eigenvalue weighted by Gasteiger charge is 2.17. The molecule has 1 heterocycles. The molecule has 3 aromatic carbocycles. The van der Waals surface area contributed by atoms with Crippen LogP contribution in [0.2, 0.25) is 0 Å². The summed E-state index contributed by atoms with van der Waals surface area (Å²) in [6.07, 6.45) is 0.267. The molecule has 3 aromatic rings. The van der Waals surface area contributed by atoms with Crippen molar-refractivity contribution in [1.82, 2.24) is 4.90 Å². The van der Waals surface area contributed by atoms with Crippen LogP contribution in [0.4, 0.5) is 11.4 Å². The molecule has 172 valence electrons. The Morgan fingerprint density at radius 2 is 1.52 bits per heavy atom. The minimum absolute atomic E-state index is 0.0767. The highest BCUT2D eigenvalue weighted by Crippen LogP contribution is 2.26. The van der Waals surface area contributed by atoms with Gasteiger partial charge in [0.05, 0.1) is 20.1 Å². The second-order valence-electron chi connectivity index (χ2n) is 8.09. The Kier molecular flexibility index (Phi) is 7.82. The van der Waals surface area contributed by atoms with Crippen molar-refractivity contribution in [3.05, 3.63) is 84.4 Å². The van der Waals surface area contributed by atoms with Crippen LogP contribution >= 0.6 is 0 Å². The van der Waals surface area contributed by atoms with Gasteiger partial charge in [-0.2, -0.15) is 0 Å². The van der Waals surface area contributed by atoms with Crippen molar-refractivity contribution < 1.29 is 14.3 Å². The van der Waals surface area contributed by atoms with Crippen LogP contribution in [0.15, 0.2) is 78.9 Å². The first-order valence-corrected chi connectivity index (χ1v) is 11.4. The van der Waals surface area contributed by atoms with Gasteiger partial charge in [0, 0.05) is 44.1 Å². The summed E-state index contributed by atoms with van der Waals surface area (Å²) in [5.41, 5.74) is 3.34. The molecule has 0 radical (unpaired) electrons. The Labute approximate surface area is 195 Å². The molecule has 1 N–H and O–H groups in total. The minimum atomic E-state index is -0.0767. The third-order valence-corrected chi connectivity index (χ3v) is 5.79. The fraction of sp³-hybridized carbons (Fsp3) is 0.296. The van der Waals surface area contributed by atoms with E-state index in [9.17, 15) is 4.79 Å². The first-order chi connectivity index (χ1) is 16.2. The van der Waals surface area contributed by atoms with E-state index in [2.05, 4.69) is 57.6 Å². The van der Waals surface area contributed by atoms with Gasteiger partial charge in [-0.25, -0.2) is 0 Å². The standard InChI is InChI=1S/C27H31N3O3/c1-32-25-9-5-6-10-26(25)33-20-15-27(31)28-23-11-13-24(14-12-23)30-18-16-29(17-19-30)21-22-7-3-2-4-8-22/h2-14H,15-21H2,1H3,(H,28,31). The lowest BCUT2D eigenvalue weighted by Gasteiger charge is -2.36. The lowest BCUT2D eigenvalue weighted by Crippen LogP contribution is -2.45. The van der Waals surface area contributed by atoms with Gasteiger partial charge in [0.25, 0.3) is 0 Å².